The lowest BCUT2D eigenvalue weighted by Crippen LogP contribution is -2.49. The highest BCUT2D eigenvalue weighted by molar-refractivity contribution is 6.29. The van der Waals surface area contributed by atoms with Gasteiger partial charge in [0.1, 0.15) is 12.0 Å². The van der Waals surface area contributed by atoms with Gasteiger partial charge < -0.3 is 4.90 Å². The number of halogens is 1. The van der Waals surface area contributed by atoms with Gasteiger partial charge in [-0.1, -0.05) is 18.2 Å². The standard InChI is InChI=1S/C19H18ClN9O/c1-12(30)25-8-4-7-16(25)14-10-26(24-23-14)27-11-22-18-13-5-2-3-6-15(13)28-17(29(18)27)9-21-19(28)20/h2-3,5-6,9-11,16,18H,4,7-8H2,1H3. The Morgan fingerprint density at radius 3 is 3.00 bits per heavy atom. The molecule has 0 spiro atoms. The number of amides is 1. The van der Waals surface area contributed by atoms with Gasteiger partial charge in [0.2, 0.25) is 11.2 Å². The fraction of sp³-hybridized carbons (Fsp3) is 0.316. The average molecular weight is 424 g/mol. The number of rotatable bonds is 2. The third-order valence-electron chi connectivity index (χ3n) is 5.86. The molecule has 2 unspecified atom stereocenters. The number of anilines is 1. The number of nitrogens with zero attached hydrogens (tertiary/aromatic N) is 9. The Bertz CT molecular complexity index is 1180. The van der Waals surface area contributed by atoms with Crippen LogP contribution in [0.15, 0.2) is 41.7 Å². The van der Waals surface area contributed by atoms with Crippen LogP contribution in [-0.2, 0) is 4.79 Å². The maximum atomic E-state index is 11.9. The minimum absolute atomic E-state index is 0.0476. The van der Waals surface area contributed by atoms with Crippen LogP contribution in [0.2, 0.25) is 5.28 Å². The van der Waals surface area contributed by atoms with E-state index in [9.17, 15) is 4.79 Å². The number of carbonyl (C=O) groups excluding carboxylic acids is 1. The summed E-state index contributed by atoms with van der Waals surface area (Å²) in [5.74, 6) is 0.838. The number of imidazole rings is 1. The van der Waals surface area contributed by atoms with Gasteiger partial charge in [0.15, 0.2) is 12.0 Å². The van der Waals surface area contributed by atoms with Gasteiger partial charge in [-0.15, -0.1) is 9.89 Å². The highest BCUT2D eigenvalue weighted by Gasteiger charge is 2.40. The lowest BCUT2D eigenvalue weighted by molar-refractivity contribution is -0.129. The highest BCUT2D eigenvalue weighted by atomic mass is 35.5. The average Bonchev–Trinajstić information content (AvgIpc) is 3.52. The normalized spacial score (nSPS) is 21.7. The second kappa shape index (κ2) is 6.30. The zero-order chi connectivity index (χ0) is 20.4. The number of aliphatic imine (C=N–C) groups is 1. The molecule has 0 N–H and O–H groups in total. The summed E-state index contributed by atoms with van der Waals surface area (Å²) >= 11 is 6.40. The Labute approximate surface area is 176 Å². The molecule has 0 bridgehead atoms. The zero-order valence-corrected chi connectivity index (χ0v) is 16.9. The van der Waals surface area contributed by atoms with Crippen molar-refractivity contribution in [1.82, 2.24) is 29.6 Å². The number of likely N-dealkylation sites (tertiary alicyclic amines) is 1. The largest absolute Gasteiger partial charge is 0.334 e. The summed E-state index contributed by atoms with van der Waals surface area (Å²) in [7, 11) is 0. The van der Waals surface area contributed by atoms with E-state index in [1.807, 2.05) is 44.9 Å². The Hall–Kier alpha value is -3.40. The third-order valence-corrected chi connectivity index (χ3v) is 6.13. The van der Waals surface area contributed by atoms with Crippen LogP contribution >= 0.6 is 11.6 Å². The molecular formula is C19H18ClN9O. The van der Waals surface area contributed by atoms with E-state index >= 15 is 0 Å². The smallest absolute Gasteiger partial charge is 0.220 e. The first-order valence-corrected chi connectivity index (χ1v) is 10.2. The predicted octanol–water partition coefficient (Wildman–Crippen LogP) is 2.21. The van der Waals surface area contributed by atoms with Crippen molar-refractivity contribution in [3.8, 4) is 5.69 Å². The maximum absolute atomic E-state index is 11.9. The summed E-state index contributed by atoms with van der Waals surface area (Å²) in [6.07, 6.45) is 6.88. The molecule has 2 aromatic heterocycles. The molecule has 1 amide bonds. The molecule has 30 heavy (non-hydrogen) atoms. The monoisotopic (exact) mass is 423 g/mol. The summed E-state index contributed by atoms with van der Waals surface area (Å²) in [5, 5.41) is 12.8. The van der Waals surface area contributed by atoms with Crippen LogP contribution in [-0.4, -0.2) is 48.3 Å². The van der Waals surface area contributed by atoms with Crippen molar-refractivity contribution in [3.05, 3.63) is 53.2 Å². The SMILES string of the molecule is CC(=O)N1CCCC1c1cn(N2C=NC3c4ccccc4-n4c(cnc4Cl)N32)nn1. The lowest BCUT2D eigenvalue weighted by Gasteiger charge is -2.36. The topological polar surface area (TPSA) is 87.7 Å². The van der Waals surface area contributed by atoms with Crippen molar-refractivity contribution in [2.75, 3.05) is 16.7 Å². The maximum Gasteiger partial charge on any atom is 0.220 e. The molecule has 152 valence electrons. The van der Waals surface area contributed by atoms with Crippen molar-refractivity contribution in [2.45, 2.75) is 32.0 Å². The van der Waals surface area contributed by atoms with Crippen LogP contribution in [0.25, 0.3) is 5.69 Å². The van der Waals surface area contributed by atoms with Gasteiger partial charge in [-0.2, -0.15) is 5.12 Å². The molecular weight excluding hydrogens is 406 g/mol. The Morgan fingerprint density at radius 2 is 2.13 bits per heavy atom. The highest BCUT2D eigenvalue weighted by Crippen LogP contribution is 2.43. The molecule has 11 heteroatoms. The molecule has 6 rings (SSSR count). The Kier molecular flexibility index (Phi) is 3.66. The zero-order valence-electron chi connectivity index (χ0n) is 16.1. The number of para-hydroxylation sites is 1. The number of fused-ring (bicyclic) bond motifs is 6. The van der Waals surface area contributed by atoms with Crippen molar-refractivity contribution in [2.24, 2.45) is 4.99 Å². The van der Waals surface area contributed by atoms with Crippen LogP contribution in [0.4, 0.5) is 5.82 Å². The molecule has 3 aliphatic heterocycles. The summed E-state index contributed by atoms with van der Waals surface area (Å²) in [4.78, 5) is 24.4. The minimum atomic E-state index is -0.255. The van der Waals surface area contributed by atoms with Gasteiger partial charge in [0, 0.05) is 19.0 Å². The molecule has 10 nitrogen and oxygen atoms in total. The second-order valence-electron chi connectivity index (χ2n) is 7.52. The number of hydrogen-bond donors (Lipinski definition) is 0. The Morgan fingerprint density at radius 1 is 1.27 bits per heavy atom. The molecule has 1 fully saturated rings. The first kappa shape index (κ1) is 17.5. The van der Waals surface area contributed by atoms with Crippen molar-refractivity contribution < 1.29 is 4.79 Å². The van der Waals surface area contributed by atoms with Crippen molar-refractivity contribution >= 4 is 29.7 Å². The van der Waals surface area contributed by atoms with Gasteiger partial charge in [-0.3, -0.25) is 9.36 Å². The van der Waals surface area contributed by atoms with Crippen molar-refractivity contribution in [3.63, 3.8) is 0 Å². The third kappa shape index (κ3) is 2.34. The summed E-state index contributed by atoms with van der Waals surface area (Å²) in [6, 6.07) is 7.94. The number of benzene rings is 1. The fourth-order valence-corrected chi connectivity index (χ4v) is 4.76. The van der Waals surface area contributed by atoms with Crippen LogP contribution in [0.3, 0.4) is 0 Å². The first-order valence-electron chi connectivity index (χ1n) is 9.77. The van der Waals surface area contributed by atoms with E-state index in [2.05, 4.69) is 15.3 Å². The number of aromatic nitrogens is 5. The van der Waals surface area contributed by atoms with E-state index in [0.29, 0.717) is 5.28 Å². The van der Waals surface area contributed by atoms with Gasteiger partial charge >= 0.3 is 0 Å². The van der Waals surface area contributed by atoms with E-state index in [1.165, 1.54) is 0 Å². The van der Waals surface area contributed by atoms with Crippen molar-refractivity contribution in [1.29, 1.82) is 0 Å². The lowest BCUT2D eigenvalue weighted by atomic mass is 10.1. The molecule has 0 aliphatic carbocycles. The predicted molar refractivity (Wildman–Crippen MR) is 110 cm³/mol. The van der Waals surface area contributed by atoms with E-state index in [-0.39, 0.29) is 18.1 Å². The summed E-state index contributed by atoms with van der Waals surface area (Å²) in [6.45, 7) is 2.34. The summed E-state index contributed by atoms with van der Waals surface area (Å²) in [5.41, 5.74) is 2.74. The Balaban J connectivity index is 1.39. The van der Waals surface area contributed by atoms with Crippen LogP contribution in [0.5, 0.6) is 0 Å². The first-order chi connectivity index (χ1) is 14.6. The van der Waals surface area contributed by atoms with Gasteiger partial charge in [0.25, 0.3) is 0 Å². The van der Waals surface area contributed by atoms with Crippen LogP contribution in [0, 0.1) is 0 Å². The minimum Gasteiger partial charge on any atom is -0.334 e. The molecule has 0 saturated carbocycles. The van der Waals surface area contributed by atoms with Gasteiger partial charge in [-0.25, -0.2) is 15.0 Å². The van der Waals surface area contributed by atoms with Gasteiger partial charge in [0.05, 0.1) is 24.1 Å². The fourth-order valence-electron chi connectivity index (χ4n) is 4.53. The van der Waals surface area contributed by atoms with Crippen LogP contribution < -0.4 is 10.1 Å². The van der Waals surface area contributed by atoms with E-state index in [1.54, 1.807) is 29.4 Å². The van der Waals surface area contributed by atoms with E-state index in [4.69, 9.17) is 16.6 Å². The molecule has 5 heterocycles. The van der Waals surface area contributed by atoms with E-state index < -0.39 is 0 Å². The van der Waals surface area contributed by atoms with Gasteiger partial charge in [-0.05, 0) is 35.7 Å². The van der Waals surface area contributed by atoms with Crippen LogP contribution in [0.1, 0.15) is 43.2 Å². The number of hydrogen-bond acceptors (Lipinski definition) is 7. The molecule has 2 atom stereocenters. The number of hydrazine groups is 1. The second-order valence-corrected chi connectivity index (χ2v) is 7.86. The molecule has 3 aromatic rings. The molecule has 3 aliphatic rings. The quantitative estimate of drug-likeness (QED) is 0.628. The molecule has 0 radical (unpaired) electrons. The molecule has 1 aromatic carbocycles. The summed E-state index contributed by atoms with van der Waals surface area (Å²) < 4.78 is 1.89. The number of carbonyl (C=O) groups is 1. The van der Waals surface area contributed by atoms with E-state index in [0.717, 1.165) is 42.1 Å². The molecule has 1 saturated heterocycles.